The van der Waals surface area contributed by atoms with Crippen LogP contribution in [-0.4, -0.2) is 445 Å². The molecule has 5 amide bonds. The molecule has 8 aliphatic rings. The van der Waals surface area contributed by atoms with E-state index in [9.17, 15) is 141 Å². The van der Waals surface area contributed by atoms with Gasteiger partial charge >= 0.3 is 5.97 Å². The summed E-state index contributed by atoms with van der Waals surface area (Å²) in [6.07, 6.45) is -74.5. The Morgan fingerprint density at radius 1 is 0.394 bits per heavy atom. The molecule has 8 heterocycles. The number of carbonyl (C=O) groups excluding carboxylic acids is 5. The Hall–Kier alpha value is -4.62. The van der Waals surface area contributed by atoms with E-state index in [0.29, 0.717) is 0 Å². The Morgan fingerprint density at radius 3 is 1.31 bits per heavy atom. The van der Waals surface area contributed by atoms with Gasteiger partial charge < -0.3 is 210 Å². The topological polar surface area (TPSA) is 746 Å². The van der Waals surface area contributed by atoms with E-state index in [2.05, 4.69) is 26.6 Å². The van der Waals surface area contributed by atoms with Crippen LogP contribution in [0.1, 0.15) is 48.0 Å². The second-order valence-corrected chi connectivity index (χ2v) is 27.5. The summed E-state index contributed by atoms with van der Waals surface area (Å²) in [6, 6.07) is -9.25. The fourth-order valence-electron chi connectivity index (χ4n) is 14.0. The molecule has 0 aromatic rings. The average molecular weight is 1590 g/mol. The number of carbonyl (C=O) groups is 6. The summed E-state index contributed by atoms with van der Waals surface area (Å²) in [4.78, 5) is 77.1. The second kappa shape index (κ2) is 38.7. The number of aliphatic hydroxyl groups is 21. The zero-order valence-electron chi connectivity index (χ0n) is 59.2. The van der Waals surface area contributed by atoms with Crippen molar-refractivity contribution in [2.24, 2.45) is 0 Å². The predicted molar refractivity (Wildman–Crippen MR) is 338 cm³/mol. The summed E-state index contributed by atoms with van der Waals surface area (Å²) in [5, 5.41) is 257. The summed E-state index contributed by atoms with van der Waals surface area (Å²) in [6.45, 7) is -1.97. The Bertz CT molecular complexity index is 2980. The van der Waals surface area contributed by atoms with Crippen LogP contribution in [0.5, 0.6) is 0 Å². The summed E-state index contributed by atoms with van der Waals surface area (Å²) < 4.78 is 89.8. The maximum atomic E-state index is 13.7. The second-order valence-electron chi connectivity index (χ2n) is 27.5. The van der Waals surface area contributed by atoms with E-state index < -0.39 is 339 Å². The number of aliphatic carboxylic acids is 1. The van der Waals surface area contributed by atoms with E-state index in [0.717, 1.165) is 34.6 Å². The molecule has 0 aromatic heterocycles. The molecule has 8 rings (SSSR count). The van der Waals surface area contributed by atoms with Gasteiger partial charge in [0.25, 0.3) is 5.79 Å². The molecule has 0 radical (unpaired) electrons. The zero-order chi connectivity index (χ0) is 80.9. The van der Waals surface area contributed by atoms with Crippen molar-refractivity contribution in [3.8, 4) is 0 Å². The van der Waals surface area contributed by atoms with Crippen molar-refractivity contribution in [1.82, 2.24) is 26.6 Å². The number of carboxylic acid groups (broad SMARTS) is 1. The van der Waals surface area contributed by atoms with E-state index in [1.807, 2.05) is 0 Å². The predicted octanol–water partition coefficient (Wildman–Crippen LogP) is -17.5. The largest absolute Gasteiger partial charge is 0.477 e. The van der Waals surface area contributed by atoms with Crippen LogP contribution in [0.2, 0.25) is 0 Å². The zero-order valence-corrected chi connectivity index (χ0v) is 59.2. The van der Waals surface area contributed by atoms with Gasteiger partial charge in [-0.05, 0) is 6.92 Å². The molecule has 0 aliphatic carbocycles. The van der Waals surface area contributed by atoms with Crippen LogP contribution in [0.15, 0.2) is 0 Å². The molecule has 8 fully saturated rings. The SMILES string of the molecule is CC(=O)N[C@@H]1[C@@H](O[C@@H]2O[C@H](CO)[C@H](O)[C@H](O[C@H]3O[C@H](CO)[C@H](O)[C@H](O)[C@H]3NC(C)=O)[C@H]2O[C@@H]2O[C@@H](C)[C@@H](O)[C@@H](O)[C@@H]2O)[C@@H](O)[C@@H](CO[C@@H]2O[C@H](CO)[C@@H](O[C@@H]3O[C@H](CO)[C@H](O[C@@H]4O[C@H](CO)[C@H](O)[C@H](O)[C@H]4NC(C)=O)[C@H](O[C@]4(C(=O)O)C[C@H](O)[C@@H](NC(C)=O)[C@H]([C@H](O)[C@H](O)CO)O4)[C@H]3O)[C@H](O)[C@H]2NC(C)=O)O[C@H]1O. The van der Waals surface area contributed by atoms with Crippen LogP contribution in [0, 0.1) is 0 Å². The minimum Gasteiger partial charge on any atom is -0.477 e. The maximum Gasteiger partial charge on any atom is 0.364 e. The first-order valence-electron chi connectivity index (χ1n) is 34.6. The van der Waals surface area contributed by atoms with Gasteiger partial charge in [0.05, 0.1) is 64.5 Å². The molecule has 109 heavy (non-hydrogen) atoms. The number of nitrogens with one attached hydrogen (secondary N) is 5. The van der Waals surface area contributed by atoms with Gasteiger partial charge in [-0.1, -0.05) is 0 Å². The molecule has 48 nitrogen and oxygen atoms in total. The Labute approximate surface area is 617 Å². The van der Waals surface area contributed by atoms with Crippen LogP contribution in [0.4, 0.5) is 0 Å². The van der Waals surface area contributed by atoms with E-state index in [1.165, 1.54) is 6.92 Å². The van der Waals surface area contributed by atoms with Gasteiger partial charge in [-0.15, -0.1) is 0 Å². The normalized spacial score (nSPS) is 46.2. The van der Waals surface area contributed by atoms with Crippen molar-refractivity contribution >= 4 is 35.5 Å². The molecule has 628 valence electrons. The number of carboxylic acids is 1. The molecule has 0 saturated carbocycles. The highest BCUT2D eigenvalue weighted by molar-refractivity contribution is 5.77. The number of ether oxygens (including phenoxy) is 15. The van der Waals surface area contributed by atoms with Gasteiger partial charge in [-0.25, -0.2) is 4.79 Å². The third-order valence-corrected chi connectivity index (χ3v) is 19.6. The van der Waals surface area contributed by atoms with Crippen LogP contribution >= 0.6 is 0 Å². The lowest BCUT2D eigenvalue weighted by molar-refractivity contribution is -0.399. The van der Waals surface area contributed by atoms with Crippen molar-refractivity contribution in [2.75, 3.05) is 46.2 Å². The minimum atomic E-state index is -3.42. The van der Waals surface area contributed by atoms with Gasteiger partial charge in [0.2, 0.25) is 29.5 Å². The Morgan fingerprint density at radius 2 is 0.807 bits per heavy atom. The van der Waals surface area contributed by atoms with E-state index in [-0.39, 0.29) is 0 Å². The van der Waals surface area contributed by atoms with E-state index in [1.54, 1.807) is 0 Å². The lowest BCUT2D eigenvalue weighted by Crippen LogP contribution is -2.72. The molecule has 0 bridgehead atoms. The standard InChI is InChI=1S/C61H101N5O43/c1-15-34(80)43(89)44(90)57(96-15)107-52-50(106-56-31(64-18(4)75)41(87)37(83)24(10-69)99-56)38(84)25(11-70)100-59(52)105-48-33(66-20(6)77)53(92)97-28(39(48)85)14-95-54-32(65-19(5)76)42(88)46(26(12-71)101-54)103-58-45(91)51(47(27(13-72)102-58)104-55-30(63-17(3)74)40(86)36(82)23(9-68)98-55)109-61(60(93)94)7-21(78)29(62-16(2)73)49(108-61)35(81)22(79)8-67/h15,21-59,67-72,78-92H,7-14H2,1-6H3,(H,62,73)(H,63,74)(H,64,75)(H,65,76)(H,66,77)(H,93,94)/t15-,21-,22+,23+,24+,25+,26+,27+,28+,29+,30+,31+,32+,33+,34+,35+,36-,37-,38-,39-,40+,41+,42+,43+,44-,45+,46+,47-,48+,49+,50-,51+,52+,53+,54+,55-,56+,57-,58-,59-,61-/m0/s1. The number of hydrogen-bond donors (Lipinski definition) is 27. The molecular formula is C61H101N5O43. The first-order valence-corrected chi connectivity index (χ1v) is 34.6. The fourth-order valence-corrected chi connectivity index (χ4v) is 14.0. The lowest BCUT2D eigenvalue weighted by Gasteiger charge is -2.52. The van der Waals surface area contributed by atoms with Gasteiger partial charge in [-0.2, -0.15) is 0 Å². The van der Waals surface area contributed by atoms with Gasteiger partial charge in [0.15, 0.2) is 44.0 Å². The summed E-state index contributed by atoms with van der Waals surface area (Å²) in [5.74, 6) is -10.2. The molecule has 41 atom stereocenters. The van der Waals surface area contributed by atoms with E-state index in [4.69, 9.17) is 71.1 Å². The van der Waals surface area contributed by atoms with Gasteiger partial charge in [0.1, 0.15) is 183 Å². The fraction of sp³-hybridized carbons (Fsp3) is 0.902. The van der Waals surface area contributed by atoms with Crippen molar-refractivity contribution in [3.05, 3.63) is 0 Å². The van der Waals surface area contributed by atoms with Gasteiger partial charge in [0, 0.05) is 41.0 Å². The van der Waals surface area contributed by atoms with E-state index >= 15 is 0 Å². The monoisotopic (exact) mass is 1590 g/mol. The molecule has 8 saturated heterocycles. The highest BCUT2D eigenvalue weighted by atomic mass is 16.8. The third kappa shape index (κ3) is 20.2. The number of aliphatic hydroxyl groups excluding tert-OH is 21. The summed E-state index contributed by atoms with van der Waals surface area (Å²) >= 11 is 0. The van der Waals surface area contributed by atoms with Crippen LogP contribution < -0.4 is 26.6 Å². The quantitative estimate of drug-likeness (QED) is 0.0331. The Balaban J connectivity index is 1.11. The maximum absolute atomic E-state index is 13.7. The summed E-state index contributed by atoms with van der Waals surface area (Å²) in [7, 11) is 0. The van der Waals surface area contributed by atoms with Crippen molar-refractivity contribution in [3.63, 3.8) is 0 Å². The van der Waals surface area contributed by atoms with Crippen molar-refractivity contribution in [2.45, 2.75) is 299 Å². The van der Waals surface area contributed by atoms with Crippen LogP contribution in [0.25, 0.3) is 0 Å². The van der Waals surface area contributed by atoms with Crippen LogP contribution in [0.3, 0.4) is 0 Å². The van der Waals surface area contributed by atoms with Crippen molar-refractivity contribution < 1.29 is 212 Å². The smallest absolute Gasteiger partial charge is 0.364 e. The number of rotatable bonds is 29. The molecule has 8 aliphatic heterocycles. The average Bonchev–Trinajstić information content (AvgIpc) is 0.747. The summed E-state index contributed by atoms with van der Waals surface area (Å²) in [5.41, 5.74) is 0. The Kier molecular flexibility index (Phi) is 31.9. The molecular weight excluding hydrogens is 1490 g/mol. The molecule has 0 aromatic carbocycles. The highest BCUT2D eigenvalue weighted by Gasteiger charge is 2.63. The first-order chi connectivity index (χ1) is 51.3. The lowest BCUT2D eigenvalue weighted by atomic mass is 9.88. The highest BCUT2D eigenvalue weighted by Crippen LogP contribution is 2.42. The first kappa shape index (κ1) is 89.9. The molecule has 27 N–H and O–H groups in total. The number of amides is 5. The molecule has 0 unspecified atom stereocenters. The number of hydrogen-bond acceptors (Lipinski definition) is 42. The molecule has 48 heteroatoms. The third-order valence-electron chi connectivity index (χ3n) is 19.6. The van der Waals surface area contributed by atoms with Crippen molar-refractivity contribution in [1.29, 1.82) is 0 Å². The van der Waals surface area contributed by atoms with Crippen LogP contribution in [-0.2, 0) is 99.8 Å². The van der Waals surface area contributed by atoms with Gasteiger partial charge in [-0.3, -0.25) is 24.0 Å². The molecule has 0 spiro atoms. The minimum absolute atomic E-state index is 0.844.